The molecule has 0 radical (unpaired) electrons. The van der Waals surface area contributed by atoms with Gasteiger partial charge in [-0.3, -0.25) is 4.79 Å². The van der Waals surface area contributed by atoms with Crippen molar-refractivity contribution in [3.05, 3.63) is 117 Å². The van der Waals surface area contributed by atoms with E-state index in [0.717, 1.165) is 11.1 Å². The molecule has 1 aromatic heterocycles. The number of nitrogens with one attached hydrogen (secondary N) is 1. The second kappa shape index (κ2) is 7.71. The third-order valence-corrected chi connectivity index (χ3v) is 4.80. The summed E-state index contributed by atoms with van der Waals surface area (Å²) in [4.78, 5) is 25.3. The van der Waals surface area contributed by atoms with E-state index in [4.69, 9.17) is 16.0 Å². The second-order valence-electron chi connectivity index (χ2n) is 6.33. The van der Waals surface area contributed by atoms with E-state index in [0.29, 0.717) is 10.4 Å². The Morgan fingerprint density at radius 1 is 0.857 bits per heavy atom. The van der Waals surface area contributed by atoms with Crippen LogP contribution in [0.1, 0.15) is 27.5 Å². The first-order valence-corrected chi connectivity index (χ1v) is 9.14. The van der Waals surface area contributed by atoms with Crippen LogP contribution in [0.5, 0.6) is 0 Å². The lowest BCUT2D eigenvalue weighted by Gasteiger charge is -2.19. The van der Waals surface area contributed by atoms with Crippen LogP contribution < -0.4 is 10.9 Å². The van der Waals surface area contributed by atoms with Crippen molar-refractivity contribution in [3.8, 4) is 0 Å². The molecule has 0 fully saturated rings. The normalized spacial score (nSPS) is 10.9. The molecule has 4 aromatic rings. The molecule has 28 heavy (non-hydrogen) atoms. The maximum Gasteiger partial charge on any atom is 0.349 e. The Kier molecular flexibility index (Phi) is 4.96. The van der Waals surface area contributed by atoms with Crippen molar-refractivity contribution >= 4 is 28.5 Å². The van der Waals surface area contributed by atoms with Gasteiger partial charge < -0.3 is 9.73 Å². The van der Waals surface area contributed by atoms with Gasteiger partial charge in [0.25, 0.3) is 5.91 Å². The number of rotatable bonds is 4. The fraction of sp³-hybridized carbons (Fsp3) is 0.0435. The molecule has 0 saturated carbocycles. The highest BCUT2D eigenvalue weighted by atomic mass is 35.5. The van der Waals surface area contributed by atoms with Gasteiger partial charge in [0.15, 0.2) is 5.58 Å². The first-order chi connectivity index (χ1) is 13.6. The zero-order chi connectivity index (χ0) is 19.5. The van der Waals surface area contributed by atoms with E-state index in [9.17, 15) is 9.59 Å². The lowest BCUT2D eigenvalue weighted by atomic mass is 9.98. The number of amides is 1. The minimum absolute atomic E-state index is 0.0633. The van der Waals surface area contributed by atoms with Crippen molar-refractivity contribution in [2.45, 2.75) is 6.04 Å². The monoisotopic (exact) mass is 389 g/mol. The van der Waals surface area contributed by atoms with Gasteiger partial charge >= 0.3 is 5.63 Å². The molecule has 0 atom stereocenters. The molecule has 5 heteroatoms. The summed E-state index contributed by atoms with van der Waals surface area (Å²) in [6.07, 6.45) is 0. The van der Waals surface area contributed by atoms with Gasteiger partial charge in [0.05, 0.1) is 11.1 Å². The highest BCUT2D eigenvalue weighted by Crippen LogP contribution is 2.24. The molecule has 3 aromatic carbocycles. The Labute approximate surface area is 166 Å². The van der Waals surface area contributed by atoms with Gasteiger partial charge in [0.1, 0.15) is 5.56 Å². The SMILES string of the molecule is O=C(NC(c1ccccc1)c1ccccc1)c1cc2cccc(Cl)c2oc1=O. The Morgan fingerprint density at radius 2 is 1.46 bits per heavy atom. The number of hydrogen-bond donors (Lipinski definition) is 1. The maximum atomic E-state index is 12.9. The molecule has 0 aliphatic heterocycles. The van der Waals surface area contributed by atoms with E-state index in [1.165, 1.54) is 6.07 Å². The number of hydrogen-bond acceptors (Lipinski definition) is 3. The molecule has 0 bridgehead atoms. The number of para-hydroxylation sites is 1. The minimum atomic E-state index is -0.724. The summed E-state index contributed by atoms with van der Waals surface area (Å²) in [6.45, 7) is 0. The van der Waals surface area contributed by atoms with Crippen LogP contribution in [-0.4, -0.2) is 5.91 Å². The molecule has 0 saturated heterocycles. The molecular formula is C23H16ClNO3. The lowest BCUT2D eigenvalue weighted by Crippen LogP contribution is -2.32. The third-order valence-electron chi connectivity index (χ3n) is 4.50. The average molecular weight is 390 g/mol. The summed E-state index contributed by atoms with van der Waals surface area (Å²) in [6, 6.07) is 25.4. The van der Waals surface area contributed by atoms with Crippen molar-refractivity contribution in [3.63, 3.8) is 0 Å². The predicted octanol–water partition coefficient (Wildman–Crippen LogP) is 4.97. The second-order valence-corrected chi connectivity index (χ2v) is 6.74. The van der Waals surface area contributed by atoms with E-state index in [2.05, 4.69) is 5.32 Å². The van der Waals surface area contributed by atoms with Gasteiger partial charge in [-0.1, -0.05) is 84.4 Å². The standard InChI is InChI=1S/C23H16ClNO3/c24-19-13-7-12-17-14-18(23(27)28-21(17)19)22(26)25-20(15-8-3-1-4-9-15)16-10-5-2-6-11-16/h1-14,20H,(H,25,26). The molecule has 0 aliphatic rings. The third kappa shape index (κ3) is 3.55. The first-order valence-electron chi connectivity index (χ1n) is 8.76. The topological polar surface area (TPSA) is 59.3 Å². The predicted molar refractivity (Wildman–Crippen MR) is 110 cm³/mol. The fourth-order valence-electron chi connectivity index (χ4n) is 3.13. The Balaban J connectivity index is 1.74. The summed E-state index contributed by atoms with van der Waals surface area (Å²) >= 11 is 6.07. The molecule has 0 aliphatic carbocycles. The number of carbonyl (C=O) groups excluding carboxylic acids is 1. The van der Waals surface area contributed by atoms with Gasteiger partial charge in [-0.2, -0.15) is 0 Å². The fourth-order valence-corrected chi connectivity index (χ4v) is 3.35. The molecule has 0 unspecified atom stereocenters. The highest BCUT2D eigenvalue weighted by molar-refractivity contribution is 6.34. The molecule has 1 N–H and O–H groups in total. The van der Waals surface area contributed by atoms with Gasteiger partial charge in [0.2, 0.25) is 0 Å². The molecule has 138 valence electrons. The number of halogens is 1. The van der Waals surface area contributed by atoms with E-state index in [1.54, 1.807) is 18.2 Å². The summed E-state index contributed by atoms with van der Waals surface area (Å²) in [7, 11) is 0. The Hall–Kier alpha value is -3.37. The Bertz CT molecular complexity index is 1150. The summed E-state index contributed by atoms with van der Waals surface area (Å²) in [5.74, 6) is -0.506. The Morgan fingerprint density at radius 3 is 2.07 bits per heavy atom. The zero-order valence-electron chi connectivity index (χ0n) is 14.8. The molecule has 0 spiro atoms. The average Bonchev–Trinajstić information content (AvgIpc) is 2.73. The van der Waals surface area contributed by atoms with Crippen LogP contribution in [0.15, 0.2) is 94.1 Å². The van der Waals surface area contributed by atoms with Crippen LogP contribution in [0.2, 0.25) is 5.02 Å². The summed E-state index contributed by atoms with van der Waals surface area (Å²) in [5.41, 5.74) is 1.31. The maximum absolute atomic E-state index is 12.9. The first kappa shape index (κ1) is 18.0. The van der Waals surface area contributed by atoms with Crippen LogP contribution in [0.4, 0.5) is 0 Å². The smallest absolute Gasteiger partial charge is 0.349 e. The molecule has 1 heterocycles. The van der Waals surface area contributed by atoms with Crippen LogP contribution in [0.3, 0.4) is 0 Å². The molecule has 4 rings (SSSR count). The molecule has 4 nitrogen and oxygen atoms in total. The van der Waals surface area contributed by atoms with Crippen molar-refractivity contribution in [1.82, 2.24) is 5.32 Å². The van der Waals surface area contributed by atoms with Crippen molar-refractivity contribution < 1.29 is 9.21 Å². The zero-order valence-corrected chi connectivity index (χ0v) is 15.5. The number of benzene rings is 3. The molecule has 1 amide bonds. The van der Waals surface area contributed by atoms with Crippen LogP contribution in [-0.2, 0) is 0 Å². The van der Waals surface area contributed by atoms with E-state index < -0.39 is 17.6 Å². The largest absolute Gasteiger partial charge is 0.421 e. The van der Waals surface area contributed by atoms with E-state index in [1.807, 2.05) is 60.7 Å². The van der Waals surface area contributed by atoms with Gasteiger partial charge in [-0.25, -0.2) is 4.79 Å². The lowest BCUT2D eigenvalue weighted by molar-refractivity contribution is 0.0939. The van der Waals surface area contributed by atoms with Crippen LogP contribution in [0, 0.1) is 0 Å². The summed E-state index contributed by atoms with van der Waals surface area (Å²) < 4.78 is 5.29. The minimum Gasteiger partial charge on any atom is -0.421 e. The number of fused-ring (bicyclic) bond motifs is 1. The van der Waals surface area contributed by atoms with Crippen LogP contribution >= 0.6 is 11.6 Å². The van der Waals surface area contributed by atoms with Crippen LogP contribution in [0.25, 0.3) is 11.0 Å². The number of carbonyl (C=O) groups is 1. The van der Waals surface area contributed by atoms with E-state index >= 15 is 0 Å². The highest BCUT2D eigenvalue weighted by Gasteiger charge is 2.21. The molecular weight excluding hydrogens is 374 g/mol. The quantitative estimate of drug-likeness (QED) is 0.501. The van der Waals surface area contributed by atoms with Crippen molar-refractivity contribution in [2.24, 2.45) is 0 Å². The van der Waals surface area contributed by atoms with Crippen molar-refractivity contribution in [1.29, 1.82) is 0 Å². The van der Waals surface area contributed by atoms with E-state index in [-0.39, 0.29) is 11.1 Å². The van der Waals surface area contributed by atoms with Crippen molar-refractivity contribution in [2.75, 3.05) is 0 Å². The van der Waals surface area contributed by atoms with Gasteiger partial charge in [-0.05, 0) is 23.3 Å². The van der Waals surface area contributed by atoms with Gasteiger partial charge in [-0.15, -0.1) is 0 Å². The van der Waals surface area contributed by atoms with Gasteiger partial charge in [0, 0.05) is 5.39 Å². The summed E-state index contributed by atoms with van der Waals surface area (Å²) in [5, 5.41) is 3.87.